The Bertz CT molecular complexity index is 1080. The molecule has 130 valence electrons. The van der Waals surface area contributed by atoms with Gasteiger partial charge in [-0.25, -0.2) is 14.4 Å². The summed E-state index contributed by atoms with van der Waals surface area (Å²) >= 11 is 0. The summed E-state index contributed by atoms with van der Waals surface area (Å²) in [6, 6.07) is 6.68. The molecule has 0 fully saturated rings. The van der Waals surface area contributed by atoms with Crippen LogP contribution in [0.15, 0.2) is 36.7 Å². The molecule has 4 aromatic heterocycles. The number of hydrogen-bond donors (Lipinski definition) is 2. The fourth-order valence-corrected chi connectivity index (χ4v) is 2.61. The van der Waals surface area contributed by atoms with Crippen molar-refractivity contribution >= 4 is 23.1 Å². The molecule has 0 amide bonds. The van der Waals surface area contributed by atoms with E-state index >= 15 is 0 Å². The van der Waals surface area contributed by atoms with Crippen LogP contribution >= 0.6 is 0 Å². The van der Waals surface area contributed by atoms with Gasteiger partial charge in [0.2, 0.25) is 5.95 Å². The first-order valence-corrected chi connectivity index (χ1v) is 7.85. The van der Waals surface area contributed by atoms with Crippen molar-refractivity contribution in [2.45, 2.75) is 13.8 Å². The molecule has 0 atom stereocenters. The van der Waals surface area contributed by atoms with Gasteiger partial charge in [0.25, 0.3) is 0 Å². The van der Waals surface area contributed by atoms with Gasteiger partial charge in [0.1, 0.15) is 23.0 Å². The number of hydrogen-bond acceptors (Lipinski definition) is 7. The van der Waals surface area contributed by atoms with Crippen molar-refractivity contribution in [3.8, 4) is 11.5 Å². The number of aromatic nitrogens is 6. The van der Waals surface area contributed by atoms with Crippen LogP contribution in [0.4, 0.5) is 21.8 Å². The van der Waals surface area contributed by atoms with Crippen LogP contribution in [0.5, 0.6) is 0 Å². The molecule has 0 saturated heterocycles. The van der Waals surface area contributed by atoms with E-state index in [1.165, 1.54) is 12.3 Å². The first-order chi connectivity index (χ1) is 12.5. The molecule has 4 heterocycles. The van der Waals surface area contributed by atoms with Crippen molar-refractivity contribution in [3.05, 3.63) is 54.0 Å². The molecular weight excluding hydrogens is 335 g/mol. The SMILES string of the molecule is Cc1ccc(Nc2nc3ccc(F)cn3c2-c2nc(C)nc(N)n2)cn1. The molecule has 0 unspecified atom stereocenters. The Balaban J connectivity index is 1.92. The second kappa shape index (κ2) is 6.03. The highest BCUT2D eigenvalue weighted by Crippen LogP contribution is 2.29. The smallest absolute Gasteiger partial charge is 0.223 e. The number of halogens is 1. The van der Waals surface area contributed by atoms with Crippen LogP contribution < -0.4 is 11.1 Å². The largest absolute Gasteiger partial charge is 0.368 e. The number of pyridine rings is 2. The van der Waals surface area contributed by atoms with Crippen LogP contribution in [0.1, 0.15) is 11.5 Å². The normalized spacial score (nSPS) is 11.0. The van der Waals surface area contributed by atoms with Gasteiger partial charge in [0, 0.05) is 11.9 Å². The highest BCUT2D eigenvalue weighted by molar-refractivity contribution is 5.76. The van der Waals surface area contributed by atoms with E-state index in [0.717, 1.165) is 11.4 Å². The number of imidazole rings is 1. The zero-order valence-electron chi connectivity index (χ0n) is 14.1. The fraction of sp³-hybridized carbons (Fsp3) is 0.118. The van der Waals surface area contributed by atoms with Crippen molar-refractivity contribution in [2.75, 3.05) is 11.1 Å². The Morgan fingerprint density at radius 3 is 2.62 bits per heavy atom. The maximum atomic E-state index is 13.8. The molecule has 8 nitrogen and oxygen atoms in total. The van der Waals surface area contributed by atoms with Gasteiger partial charge in [0.05, 0.1) is 11.9 Å². The summed E-state index contributed by atoms with van der Waals surface area (Å²) in [5.74, 6) is 0.906. The Kier molecular flexibility index (Phi) is 3.68. The van der Waals surface area contributed by atoms with Crippen LogP contribution in [0.2, 0.25) is 0 Å². The Hall–Kier alpha value is -3.62. The topological polar surface area (TPSA) is 107 Å². The summed E-state index contributed by atoms with van der Waals surface area (Å²) in [5, 5.41) is 3.19. The van der Waals surface area contributed by atoms with Gasteiger partial charge in [-0.15, -0.1) is 0 Å². The maximum absolute atomic E-state index is 13.8. The van der Waals surface area contributed by atoms with Gasteiger partial charge in [-0.3, -0.25) is 9.38 Å². The summed E-state index contributed by atoms with van der Waals surface area (Å²) in [5.41, 5.74) is 8.42. The summed E-state index contributed by atoms with van der Waals surface area (Å²) in [6.45, 7) is 3.61. The van der Waals surface area contributed by atoms with Crippen molar-refractivity contribution in [3.63, 3.8) is 0 Å². The van der Waals surface area contributed by atoms with Crippen LogP contribution in [-0.4, -0.2) is 29.3 Å². The molecular formula is C17H15FN8. The highest BCUT2D eigenvalue weighted by Gasteiger charge is 2.19. The molecule has 0 radical (unpaired) electrons. The van der Waals surface area contributed by atoms with E-state index in [1.807, 2.05) is 19.1 Å². The first kappa shape index (κ1) is 15.9. The van der Waals surface area contributed by atoms with Crippen molar-refractivity contribution < 1.29 is 4.39 Å². The lowest BCUT2D eigenvalue weighted by molar-refractivity contribution is 0.619. The van der Waals surface area contributed by atoms with E-state index in [0.29, 0.717) is 28.8 Å². The zero-order chi connectivity index (χ0) is 18.3. The number of nitrogens with two attached hydrogens (primary N) is 1. The molecule has 0 bridgehead atoms. The number of nitrogens with one attached hydrogen (secondary N) is 1. The average Bonchev–Trinajstić information content (AvgIpc) is 2.93. The van der Waals surface area contributed by atoms with Gasteiger partial charge in [0.15, 0.2) is 11.6 Å². The number of nitrogen functional groups attached to an aromatic ring is 1. The van der Waals surface area contributed by atoms with E-state index in [-0.39, 0.29) is 5.95 Å². The molecule has 26 heavy (non-hydrogen) atoms. The summed E-state index contributed by atoms with van der Waals surface area (Å²) in [6.07, 6.45) is 3.02. The van der Waals surface area contributed by atoms with Crippen LogP contribution in [0.3, 0.4) is 0 Å². The minimum Gasteiger partial charge on any atom is -0.368 e. The van der Waals surface area contributed by atoms with E-state index in [1.54, 1.807) is 23.6 Å². The predicted molar refractivity (Wildman–Crippen MR) is 95.4 cm³/mol. The molecule has 4 aromatic rings. The molecule has 0 aliphatic rings. The molecule has 0 aromatic carbocycles. The molecule has 4 rings (SSSR count). The third-order valence-electron chi connectivity index (χ3n) is 3.73. The molecule has 0 aliphatic carbocycles. The highest BCUT2D eigenvalue weighted by atomic mass is 19.1. The second-order valence-electron chi connectivity index (χ2n) is 5.76. The number of anilines is 3. The monoisotopic (exact) mass is 350 g/mol. The molecule has 0 spiro atoms. The Labute approximate surface area is 148 Å². The summed E-state index contributed by atoms with van der Waals surface area (Å²) < 4.78 is 15.4. The van der Waals surface area contributed by atoms with Gasteiger partial charge in [-0.1, -0.05) is 0 Å². The molecule has 9 heteroatoms. The molecule has 3 N–H and O–H groups in total. The van der Waals surface area contributed by atoms with Crippen molar-refractivity contribution in [2.24, 2.45) is 0 Å². The predicted octanol–water partition coefficient (Wildman–Crippen LogP) is 2.66. The lowest BCUT2D eigenvalue weighted by atomic mass is 10.3. The third kappa shape index (κ3) is 2.90. The molecule has 0 saturated carbocycles. The van der Waals surface area contributed by atoms with Crippen molar-refractivity contribution in [1.82, 2.24) is 29.3 Å². The Morgan fingerprint density at radius 2 is 1.88 bits per heavy atom. The molecule has 0 aliphatic heterocycles. The lowest BCUT2D eigenvalue weighted by Gasteiger charge is -2.07. The van der Waals surface area contributed by atoms with E-state index in [9.17, 15) is 4.39 Å². The van der Waals surface area contributed by atoms with E-state index < -0.39 is 5.82 Å². The minimum absolute atomic E-state index is 0.0850. The van der Waals surface area contributed by atoms with Crippen molar-refractivity contribution in [1.29, 1.82) is 0 Å². The van der Waals surface area contributed by atoms with Gasteiger partial charge < -0.3 is 11.1 Å². The van der Waals surface area contributed by atoms with Gasteiger partial charge in [-0.05, 0) is 38.1 Å². The van der Waals surface area contributed by atoms with Crippen LogP contribution in [-0.2, 0) is 0 Å². The van der Waals surface area contributed by atoms with E-state index in [4.69, 9.17) is 5.73 Å². The third-order valence-corrected chi connectivity index (χ3v) is 3.73. The Morgan fingerprint density at radius 1 is 1.04 bits per heavy atom. The summed E-state index contributed by atoms with van der Waals surface area (Å²) in [4.78, 5) is 21.3. The number of fused-ring (bicyclic) bond motifs is 1. The standard InChI is InChI=1S/C17H15FN8/c1-9-3-5-12(7-20-9)23-16-14(15-21-10(2)22-17(19)25-15)26-8-11(18)4-6-13(26)24-16/h3-8,23H,1-2H3,(H2,19,21,22,25). The summed E-state index contributed by atoms with van der Waals surface area (Å²) in [7, 11) is 0. The van der Waals surface area contributed by atoms with Gasteiger partial charge in [-0.2, -0.15) is 9.97 Å². The number of rotatable bonds is 3. The van der Waals surface area contributed by atoms with Gasteiger partial charge >= 0.3 is 0 Å². The zero-order valence-corrected chi connectivity index (χ0v) is 14.1. The van der Waals surface area contributed by atoms with Crippen LogP contribution in [0.25, 0.3) is 17.2 Å². The second-order valence-corrected chi connectivity index (χ2v) is 5.76. The maximum Gasteiger partial charge on any atom is 0.223 e. The minimum atomic E-state index is -0.404. The quantitative estimate of drug-likeness (QED) is 0.585. The van der Waals surface area contributed by atoms with E-state index in [2.05, 4.69) is 30.2 Å². The fourth-order valence-electron chi connectivity index (χ4n) is 2.61. The number of nitrogens with zero attached hydrogens (tertiary/aromatic N) is 6. The lowest BCUT2D eigenvalue weighted by Crippen LogP contribution is -2.05. The first-order valence-electron chi connectivity index (χ1n) is 7.85. The number of aryl methyl sites for hydroxylation is 2. The average molecular weight is 350 g/mol. The van der Waals surface area contributed by atoms with Crippen LogP contribution in [0, 0.1) is 19.7 Å².